The molecule has 0 atom stereocenters. The first-order valence-corrected chi connectivity index (χ1v) is 10.2. The van der Waals surface area contributed by atoms with Gasteiger partial charge in [-0.3, -0.25) is 4.79 Å². The van der Waals surface area contributed by atoms with E-state index in [1.807, 2.05) is 13.8 Å². The molecule has 7 nitrogen and oxygen atoms in total. The van der Waals surface area contributed by atoms with Crippen molar-refractivity contribution >= 4 is 27.2 Å². The molecule has 4 rings (SSSR count). The van der Waals surface area contributed by atoms with Gasteiger partial charge in [0.15, 0.2) is 5.79 Å². The number of benzene rings is 1. The molecule has 2 saturated heterocycles. The topological polar surface area (TPSA) is 84.9 Å². The molecule has 3 heterocycles. The highest BCUT2D eigenvalue weighted by molar-refractivity contribution is 7.89. The number of amides is 1. The smallest absolute Gasteiger partial charge is 0.256 e. The lowest BCUT2D eigenvalue weighted by atomic mass is 10.0. The monoisotopic (exact) mass is 378 g/mol. The summed E-state index contributed by atoms with van der Waals surface area (Å²) in [5, 5.41) is 2.78. The third-order valence-electron chi connectivity index (χ3n) is 5.17. The maximum atomic E-state index is 13.1. The Kier molecular flexibility index (Phi) is 4.18. The van der Waals surface area contributed by atoms with Crippen LogP contribution in [-0.4, -0.2) is 50.7 Å². The predicted octanol–water partition coefficient (Wildman–Crippen LogP) is 1.96. The fourth-order valence-corrected chi connectivity index (χ4v) is 5.27. The highest BCUT2D eigenvalue weighted by Gasteiger charge is 2.43. The highest BCUT2D eigenvalue weighted by atomic mass is 32.2. The van der Waals surface area contributed by atoms with E-state index in [-0.39, 0.29) is 10.8 Å². The minimum Gasteiger partial charge on any atom is -0.347 e. The summed E-state index contributed by atoms with van der Waals surface area (Å²) in [6.07, 6.45) is 1.05. The molecule has 8 heteroatoms. The number of fused-ring (bicyclic) bond motifs is 1. The molecule has 1 spiro atoms. The average molecular weight is 378 g/mol. The number of nitrogens with one attached hydrogen (secondary N) is 1. The Morgan fingerprint density at radius 1 is 1.15 bits per heavy atom. The molecule has 1 N–H and O–H groups in total. The Morgan fingerprint density at radius 3 is 2.42 bits per heavy atom. The zero-order chi connectivity index (χ0) is 18.5. The Bertz CT molecular complexity index is 886. The summed E-state index contributed by atoms with van der Waals surface area (Å²) in [6, 6.07) is 4.80. The third-order valence-corrected chi connectivity index (χ3v) is 7.07. The zero-order valence-electron chi connectivity index (χ0n) is 14.9. The second-order valence-corrected chi connectivity index (χ2v) is 8.99. The molecule has 0 aromatic heterocycles. The molecule has 3 aliphatic rings. The van der Waals surface area contributed by atoms with Crippen molar-refractivity contribution in [2.75, 3.05) is 31.6 Å². The van der Waals surface area contributed by atoms with Gasteiger partial charge in [-0.1, -0.05) is 5.57 Å². The SMILES string of the molecule is CC(C)=C1C(=O)Nc2ccc(S(=O)(=O)N3CCC4(CC3)OCCO4)cc21. The standard InChI is InChI=1S/C18H22N2O5S/c1-12(2)16-14-11-13(3-4-15(14)19-17(16)21)26(22,23)20-7-5-18(6-8-20)24-9-10-25-18/h3-4,11H,5-10H2,1-2H3,(H,19,21). The highest BCUT2D eigenvalue weighted by Crippen LogP contribution is 2.37. The van der Waals surface area contributed by atoms with Crippen LogP contribution >= 0.6 is 0 Å². The van der Waals surface area contributed by atoms with Crippen molar-refractivity contribution in [1.82, 2.24) is 4.31 Å². The lowest BCUT2D eigenvalue weighted by molar-refractivity contribution is -0.179. The van der Waals surface area contributed by atoms with Crippen LogP contribution in [0.25, 0.3) is 5.57 Å². The van der Waals surface area contributed by atoms with E-state index in [0.29, 0.717) is 56.0 Å². The summed E-state index contributed by atoms with van der Waals surface area (Å²) in [6.45, 7) is 5.51. The molecule has 0 radical (unpaired) electrons. The summed E-state index contributed by atoms with van der Waals surface area (Å²) in [5.41, 5.74) is 2.69. The van der Waals surface area contributed by atoms with E-state index in [2.05, 4.69) is 5.32 Å². The van der Waals surface area contributed by atoms with Gasteiger partial charge in [-0.25, -0.2) is 8.42 Å². The largest absolute Gasteiger partial charge is 0.347 e. The van der Waals surface area contributed by atoms with Crippen LogP contribution < -0.4 is 5.32 Å². The van der Waals surface area contributed by atoms with Crippen LogP contribution in [0.3, 0.4) is 0 Å². The van der Waals surface area contributed by atoms with Gasteiger partial charge < -0.3 is 14.8 Å². The third kappa shape index (κ3) is 2.77. The first kappa shape index (κ1) is 17.7. The van der Waals surface area contributed by atoms with Gasteiger partial charge in [-0.05, 0) is 32.0 Å². The van der Waals surface area contributed by atoms with E-state index in [1.165, 1.54) is 4.31 Å². The van der Waals surface area contributed by atoms with E-state index in [9.17, 15) is 13.2 Å². The normalized spacial score (nSPS) is 22.5. The van der Waals surface area contributed by atoms with Crippen LogP contribution in [-0.2, 0) is 24.3 Å². The van der Waals surface area contributed by atoms with Gasteiger partial charge in [0.1, 0.15) is 0 Å². The molecular formula is C18H22N2O5S. The van der Waals surface area contributed by atoms with Crippen LogP contribution in [0.2, 0.25) is 0 Å². The van der Waals surface area contributed by atoms with Gasteiger partial charge in [-0.2, -0.15) is 4.31 Å². The number of nitrogens with zero attached hydrogens (tertiary/aromatic N) is 1. The van der Waals surface area contributed by atoms with Gasteiger partial charge in [0.25, 0.3) is 5.91 Å². The maximum absolute atomic E-state index is 13.1. The molecule has 1 amide bonds. The van der Waals surface area contributed by atoms with Crippen LogP contribution in [0.4, 0.5) is 5.69 Å². The second kappa shape index (κ2) is 6.16. The van der Waals surface area contributed by atoms with Crippen molar-refractivity contribution in [2.24, 2.45) is 0 Å². The molecule has 140 valence electrons. The van der Waals surface area contributed by atoms with Crippen LogP contribution in [0.5, 0.6) is 0 Å². The Morgan fingerprint density at radius 2 is 1.81 bits per heavy atom. The maximum Gasteiger partial charge on any atom is 0.256 e. The first-order valence-electron chi connectivity index (χ1n) is 8.74. The Labute approximate surface area is 153 Å². The van der Waals surface area contributed by atoms with E-state index in [0.717, 1.165) is 5.57 Å². The molecule has 0 unspecified atom stereocenters. The molecule has 1 aromatic carbocycles. The Balaban J connectivity index is 1.62. The van der Waals surface area contributed by atoms with Gasteiger partial charge in [0, 0.05) is 42.8 Å². The number of carbonyl (C=O) groups is 1. The van der Waals surface area contributed by atoms with Crippen molar-refractivity contribution in [3.63, 3.8) is 0 Å². The number of rotatable bonds is 2. The number of anilines is 1. The molecule has 1 aromatic rings. The number of sulfonamides is 1. The molecule has 3 aliphatic heterocycles. The number of carbonyl (C=O) groups excluding carboxylic acids is 1. The molecule has 2 fully saturated rings. The van der Waals surface area contributed by atoms with Crippen molar-refractivity contribution in [1.29, 1.82) is 0 Å². The molecular weight excluding hydrogens is 356 g/mol. The summed E-state index contributed by atoms with van der Waals surface area (Å²) in [4.78, 5) is 12.3. The van der Waals surface area contributed by atoms with Crippen molar-refractivity contribution in [3.05, 3.63) is 29.3 Å². The first-order chi connectivity index (χ1) is 12.3. The van der Waals surface area contributed by atoms with Crippen molar-refractivity contribution < 1.29 is 22.7 Å². The fraction of sp³-hybridized carbons (Fsp3) is 0.500. The molecule has 0 saturated carbocycles. The van der Waals surface area contributed by atoms with Gasteiger partial charge >= 0.3 is 0 Å². The van der Waals surface area contributed by atoms with E-state index >= 15 is 0 Å². The van der Waals surface area contributed by atoms with Gasteiger partial charge in [-0.15, -0.1) is 0 Å². The molecule has 0 bridgehead atoms. The van der Waals surface area contributed by atoms with Gasteiger partial charge in [0.05, 0.1) is 18.1 Å². The number of hydrogen-bond donors (Lipinski definition) is 1. The van der Waals surface area contributed by atoms with Crippen molar-refractivity contribution in [3.8, 4) is 0 Å². The number of ether oxygens (including phenoxy) is 2. The number of hydrogen-bond acceptors (Lipinski definition) is 5. The predicted molar refractivity (Wildman–Crippen MR) is 96.0 cm³/mol. The van der Waals surface area contributed by atoms with Gasteiger partial charge in [0.2, 0.25) is 10.0 Å². The summed E-state index contributed by atoms with van der Waals surface area (Å²) < 4.78 is 38.9. The lowest BCUT2D eigenvalue weighted by Crippen LogP contribution is -2.47. The summed E-state index contributed by atoms with van der Waals surface area (Å²) in [5.74, 6) is -0.805. The average Bonchev–Trinajstić information content (AvgIpc) is 3.18. The zero-order valence-corrected chi connectivity index (χ0v) is 15.7. The molecule has 26 heavy (non-hydrogen) atoms. The van der Waals surface area contributed by atoms with E-state index in [4.69, 9.17) is 9.47 Å². The second-order valence-electron chi connectivity index (χ2n) is 7.05. The van der Waals surface area contributed by atoms with E-state index < -0.39 is 15.8 Å². The quantitative estimate of drug-likeness (QED) is 0.795. The summed E-state index contributed by atoms with van der Waals surface area (Å²) >= 11 is 0. The van der Waals surface area contributed by atoms with Crippen LogP contribution in [0.15, 0.2) is 28.7 Å². The van der Waals surface area contributed by atoms with Crippen LogP contribution in [0, 0.1) is 0 Å². The number of allylic oxidation sites excluding steroid dienone is 1. The minimum atomic E-state index is -3.64. The molecule has 0 aliphatic carbocycles. The van der Waals surface area contributed by atoms with E-state index in [1.54, 1.807) is 18.2 Å². The lowest BCUT2D eigenvalue weighted by Gasteiger charge is -2.36. The van der Waals surface area contributed by atoms with Crippen molar-refractivity contribution in [2.45, 2.75) is 37.4 Å². The van der Waals surface area contributed by atoms with Crippen LogP contribution in [0.1, 0.15) is 32.3 Å². The fourth-order valence-electron chi connectivity index (χ4n) is 3.81. The minimum absolute atomic E-state index is 0.190. The Hall–Kier alpha value is -1.74. The summed E-state index contributed by atoms with van der Waals surface area (Å²) in [7, 11) is -3.64. The number of piperidine rings is 1.